The smallest absolute Gasteiger partial charge is 0.125 e. The SMILES string of the molecule is CC#CC1(O)CCCCC1. The Balaban J connectivity index is 2.53. The molecular weight excluding hydrogens is 124 g/mol. The van der Waals surface area contributed by atoms with Gasteiger partial charge in [-0.25, -0.2) is 0 Å². The van der Waals surface area contributed by atoms with E-state index in [0.717, 1.165) is 25.7 Å². The highest BCUT2D eigenvalue weighted by Gasteiger charge is 2.25. The van der Waals surface area contributed by atoms with Crippen LogP contribution in [0.1, 0.15) is 39.0 Å². The predicted octanol–water partition coefficient (Wildman–Crippen LogP) is 1.70. The second-order valence-corrected chi connectivity index (χ2v) is 2.97. The summed E-state index contributed by atoms with van der Waals surface area (Å²) < 4.78 is 0. The van der Waals surface area contributed by atoms with Gasteiger partial charge in [-0.1, -0.05) is 12.3 Å². The molecule has 0 heterocycles. The van der Waals surface area contributed by atoms with Crippen molar-refractivity contribution in [3.63, 3.8) is 0 Å². The Hall–Kier alpha value is -0.480. The van der Waals surface area contributed by atoms with Crippen molar-refractivity contribution < 1.29 is 5.11 Å². The van der Waals surface area contributed by atoms with Gasteiger partial charge in [-0.3, -0.25) is 0 Å². The zero-order valence-electron chi connectivity index (χ0n) is 6.48. The lowest BCUT2D eigenvalue weighted by atomic mass is 9.85. The molecule has 0 spiro atoms. The van der Waals surface area contributed by atoms with Crippen molar-refractivity contribution >= 4 is 0 Å². The van der Waals surface area contributed by atoms with Gasteiger partial charge in [0, 0.05) is 0 Å². The van der Waals surface area contributed by atoms with Crippen molar-refractivity contribution in [3.05, 3.63) is 0 Å². The van der Waals surface area contributed by atoms with E-state index in [4.69, 9.17) is 0 Å². The zero-order chi connectivity index (χ0) is 7.45. The second kappa shape index (κ2) is 3.07. The van der Waals surface area contributed by atoms with Crippen LogP contribution < -0.4 is 0 Å². The van der Waals surface area contributed by atoms with E-state index < -0.39 is 5.60 Å². The third kappa shape index (κ3) is 1.75. The molecular formula is C9H14O. The van der Waals surface area contributed by atoms with E-state index in [0.29, 0.717) is 0 Å². The third-order valence-corrected chi connectivity index (χ3v) is 2.04. The Morgan fingerprint density at radius 2 is 1.80 bits per heavy atom. The van der Waals surface area contributed by atoms with Gasteiger partial charge < -0.3 is 5.11 Å². The lowest BCUT2D eigenvalue weighted by molar-refractivity contribution is 0.0610. The van der Waals surface area contributed by atoms with E-state index in [2.05, 4.69) is 11.8 Å². The lowest BCUT2D eigenvalue weighted by Crippen LogP contribution is -2.28. The number of hydrogen-bond donors (Lipinski definition) is 1. The molecule has 1 fully saturated rings. The summed E-state index contributed by atoms with van der Waals surface area (Å²) in [4.78, 5) is 0. The number of rotatable bonds is 0. The minimum Gasteiger partial charge on any atom is -0.378 e. The third-order valence-electron chi connectivity index (χ3n) is 2.04. The van der Waals surface area contributed by atoms with Gasteiger partial charge in [0.1, 0.15) is 5.60 Å². The summed E-state index contributed by atoms with van der Waals surface area (Å²) in [7, 11) is 0. The van der Waals surface area contributed by atoms with Crippen LogP contribution in [0.4, 0.5) is 0 Å². The molecule has 0 aromatic carbocycles. The second-order valence-electron chi connectivity index (χ2n) is 2.97. The predicted molar refractivity (Wildman–Crippen MR) is 41.5 cm³/mol. The molecule has 1 N–H and O–H groups in total. The van der Waals surface area contributed by atoms with E-state index in [1.807, 2.05) is 0 Å². The van der Waals surface area contributed by atoms with Gasteiger partial charge >= 0.3 is 0 Å². The minimum atomic E-state index is -0.632. The highest BCUT2D eigenvalue weighted by Crippen LogP contribution is 2.26. The Morgan fingerprint density at radius 3 is 2.30 bits per heavy atom. The summed E-state index contributed by atoms with van der Waals surface area (Å²) >= 11 is 0. The lowest BCUT2D eigenvalue weighted by Gasteiger charge is -2.26. The molecule has 1 nitrogen and oxygen atoms in total. The summed E-state index contributed by atoms with van der Waals surface area (Å²) in [5, 5.41) is 9.70. The first-order valence-corrected chi connectivity index (χ1v) is 3.93. The summed E-state index contributed by atoms with van der Waals surface area (Å²) in [6.45, 7) is 1.78. The molecule has 1 rings (SSSR count). The Kier molecular flexibility index (Phi) is 2.34. The van der Waals surface area contributed by atoms with Crippen LogP contribution in [0.15, 0.2) is 0 Å². The van der Waals surface area contributed by atoms with Gasteiger partial charge in [-0.05, 0) is 32.6 Å². The van der Waals surface area contributed by atoms with Crippen LogP contribution in [0.5, 0.6) is 0 Å². The van der Waals surface area contributed by atoms with Crippen LogP contribution in [0, 0.1) is 11.8 Å². The van der Waals surface area contributed by atoms with Crippen molar-refractivity contribution in [2.24, 2.45) is 0 Å². The van der Waals surface area contributed by atoms with Crippen molar-refractivity contribution in [2.75, 3.05) is 0 Å². The van der Waals surface area contributed by atoms with Gasteiger partial charge in [-0.15, -0.1) is 5.92 Å². The quantitative estimate of drug-likeness (QED) is 0.505. The van der Waals surface area contributed by atoms with E-state index in [1.165, 1.54) is 6.42 Å². The van der Waals surface area contributed by atoms with Crippen LogP contribution >= 0.6 is 0 Å². The molecule has 0 amide bonds. The van der Waals surface area contributed by atoms with Crippen molar-refractivity contribution in [1.82, 2.24) is 0 Å². The molecule has 1 aliphatic rings. The van der Waals surface area contributed by atoms with Gasteiger partial charge in [0.15, 0.2) is 0 Å². The fourth-order valence-corrected chi connectivity index (χ4v) is 1.49. The van der Waals surface area contributed by atoms with Crippen molar-refractivity contribution in [2.45, 2.75) is 44.6 Å². The first kappa shape index (κ1) is 7.63. The average molecular weight is 138 g/mol. The highest BCUT2D eigenvalue weighted by atomic mass is 16.3. The molecule has 0 saturated heterocycles. The van der Waals surface area contributed by atoms with Crippen LogP contribution in [-0.4, -0.2) is 10.7 Å². The Bertz CT molecular complexity index is 155. The molecule has 1 saturated carbocycles. The van der Waals surface area contributed by atoms with E-state index >= 15 is 0 Å². The maximum absolute atomic E-state index is 9.70. The molecule has 1 aliphatic carbocycles. The van der Waals surface area contributed by atoms with Crippen LogP contribution in [0.3, 0.4) is 0 Å². The topological polar surface area (TPSA) is 20.2 Å². The van der Waals surface area contributed by atoms with Crippen LogP contribution in [0.2, 0.25) is 0 Å². The fraction of sp³-hybridized carbons (Fsp3) is 0.778. The fourth-order valence-electron chi connectivity index (χ4n) is 1.49. The normalized spacial score (nSPS) is 23.0. The Labute approximate surface area is 62.4 Å². The molecule has 0 atom stereocenters. The molecule has 0 aliphatic heterocycles. The molecule has 10 heavy (non-hydrogen) atoms. The minimum absolute atomic E-state index is 0.632. The monoisotopic (exact) mass is 138 g/mol. The maximum atomic E-state index is 9.70. The van der Waals surface area contributed by atoms with Gasteiger partial charge in [0.05, 0.1) is 0 Å². The van der Waals surface area contributed by atoms with Crippen molar-refractivity contribution in [3.8, 4) is 11.8 Å². The molecule has 0 bridgehead atoms. The number of hydrogen-bond acceptors (Lipinski definition) is 1. The largest absolute Gasteiger partial charge is 0.378 e. The molecule has 0 unspecified atom stereocenters. The van der Waals surface area contributed by atoms with E-state index in [-0.39, 0.29) is 0 Å². The summed E-state index contributed by atoms with van der Waals surface area (Å²) in [6, 6.07) is 0. The van der Waals surface area contributed by atoms with Crippen molar-refractivity contribution in [1.29, 1.82) is 0 Å². The van der Waals surface area contributed by atoms with Crippen LogP contribution in [0.25, 0.3) is 0 Å². The molecule has 1 heteroatoms. The Morgan fingerprint density at radius 1 is 1.20 bits per heavy atom. The first-order chi connectivity index (χ1) is 4.77. The van der Waals surface area contributed by atoms with E-state index in [9.17, 15) is 5.11 Å². The molecule has 0 aromatic heterocycles. The zero-order valence-corrected chi connectivity index (χ0v) is 6.48. The van der Waals surface area contributed by atoms with E-state index in [1.54, 1.807) is 6.92 Å². The van der Waals surface area contributed by atoms with Gasteiger partial charge in [0.2, 0.25) is 0 Å². The average Bonchev–Trinajstić information content (AvgIpc) is 1.89. The molecule has 0 aromatic rings. The first-order valence-electron chi connectivity index (χ1n) is 3.93. The maximum Gasteiger partial charge on any atom is 0.125 e. The highest BCUT2D eigenvalue weighted by molar-refractivity contribution is 5.12. The standard InChI is InChI=1S/C9H14O/c1-2-6-9(10)7-4-3-5-8-9/h10H,3-5,7-8H2,1H3. The van der Waals surface area contributed by atoms with Crippen LogP contribution in [-0.2, 0) is 0 Å². The summed E-state index contributed by atoms with van der Waals surface area (Å²) in [5.74, 6) is 5.64. The molecule has 56 valence electrons. The number of aliphatic hydroxyl groups is 1. The summed E-state index contributed by atoms with van der Waals surface area (Å²) in [5.41, 5.74) is -0.632. The summed E-state index contributed by atoms with van der Waals surface area (Å²) in [6.07, 6.45) is 5.26. The van der Waals surface area contributed by atoms with Gasteiger partial charge in [0.25, 0.3) is 0 Å². The molecule has 0 radical (unpaired) electrons. The van der Waals surface area contributed by atoms with Gasteiger partial charge in [-0.2, -0.15) is 0 Å².